The largest absolute Gasteiger partial charge is 0.489 e. The molecule has 1 aromatic heterocycles. The Morgan fingerprint density at radius 3 is 2.33 bits per heavy atom. The summed E-state index contributed by atoms with van der Waals surface area (Å²) in [6.07, 6.45) is 0. The van der Waals surface area contributed by atoms with Gasteiger partial charge in [0.1, 0.15) is 12.4 Å². The lowest BCUT2D eigenvalue weighted by atomic mass is 10.2. The summed E-state index contributed by atoms with van der Waals surface area (Å²) >= 11 is 1.52. The van der Waals surface area contributed by atoms with Crippen LogP contribution in [0, 0.1) is 0 Å². The molecule has 134 valence electrons. The van der Waals surface area contributed by atoms with E-state index in [0.29, 0.717) is 17.7 Å². The fraction of sp³-hybridized carbons (Fsp3) is 0.0909. The quantitative estimate of drug-likeness (QED) is 0.394. The topological polar surface area (TPSA) is 48.2 Å². The number of aromatic nitrogens is 2. The van der Waals surface area contributed by atoms with Gasteiger partial charge in [-0.1, -0.05) is 72.4 Å². The minimum atomic E-state index is 0.540. The summed E-state index contributed by atoms with van der Waals surface area (Å²) in [6.45, 7) is 0.557. The maximum absolute atomic E-state index is 5.89. The van der Waals surface area contributed by atoms with Crippen molar-refractivity contribution in [3.05, 3.63) is 96.1 Å². The molecule has 27 heavy (non-hydrogen) atoms. The summed E-state index contributed by atoms with van der Waals surface area (Å²) in [4.78, 5) is 0. The monoisotopic (exact) mass is 374 g/mol. The van der Waals surface area contributed by atoms with E-state index in [1.165, 1.54) is 11.8 Å². The molecule has 0 N–H and O–H groups in total. The SMILES string of the molecule is c1ccc(COc2cccc(CSc3nnc(-c4ccccc4)o3)c2)cc1. The molecule has 4 rings (SSSR count). The van der Waals surface area contributed by atoms with Gasteiger partial charge in [0, 0.05) is 11.3 Å². The molecule has 5 heteroatoms. The van der Waals surface area contributed by atoms with Crippen molar-refractivity contribution < 1.29 is 9.15 Å². The van der Waals surface area contributed by atoms with Crippen LogP contribution in [0.5, 0.6) is 5.75 Å². The van der Waals surface area contributed by atoms with Crippen molar-refractivity contribution in [1.29, 1.82) is 0 Å². The molecule has 0 atom stereocenters. The van der Waals surface area contributed by atoms with Crippen LogP contribution in [-0.2, 0) is 12.4 Å². The minimum Gasteiger partial charge on any atom is -0.489 e. The standard InChI is InChI=1S/C22H18N2O2S/c1-3-8-17(9-4-1)15-25-20-13-7-10-18(14-20)16-27-22-24-23-21(26-22)19-11-5-2-6-12-19/h1-14H,15-16H2. The number of thioether (sulfide) groups is 1. The second-order valence-electron chi connectivity index (χ2n) is 5.95. The maximum Gasteiger partial charge on any atom is 0.277 e. The first-order valence-electron chi connectivity index (χ1n) is 8.64. The number of hydrogen-bond acceptors (Lipinski definition) is 5. The Bertz CT molecular complexity index is 987. The van der Waals surface area contributed by atoms with Gasteiger partial charge in [-0.2, -0.15) is 0 Å². The van der Waals surface area contributed by atoms with E-state index in [9.17, 15) is 0 Å². The van der Waals surface area contributed by atoms with Crippen molar-refractivity contribution in [2.75, 3.05) is 0 Å². The van der Waals surface area contributed by atoms with Crippen LogP contribution in [0.4, 0.5) is 0 Å². The van der Waals surface area contributed by atoms with Gasteiger partial charge < -0.3 is 9.15 Å². The summed E-state index contributed by atoms with van der Waals surface area (Å²) in [6, 6.07) is 28.0. The highest BCUT2D eigenvalue weighted by Crippen LogP contribution is 2.26. The summed E-state index contributed by atoms with van der Waals surface area (Å²) in [5.74, 6) is 2.13. The molecule has 0 aliphatic heterocycles. The Kier molecular flexibility index (Phi) is 5.50. The second kappa shape index (κ2) is 8.56. The van der Waals surface area contributed by atoms with Crippen LogP contribution in [0.15, 0.2) is 94.6 Å². The zero-order chi connectivity index (χ0) is 18.3. The molecule has 3 aromatic carbocycles. The normalized spacial score (nSPS) is 10.7. The molecule has 0 aliphatic carbocycles. The van der Waals surface area contributed by atoms with Gasteiger partial charge in [0.15, 0.2) is 0 Å². The Hall–Kier alpha value is -3.05. The van der Waals surface area contributed by atoms with E-state index in [-0.39, 0.29) is 0 Å². The summed E-state index contributed by atoms with van der Waals surface area (Å²) in [7, 11) is 0. The Balaban J connectivity index is 1.35. The third-order valence-corrected chi connectivity index (χ3v) is 4.83. The van der Waals surface area contributed by atoms with Crippen LogP contribution < -0.4 is 4.74 Å². The third kappa shape index (κ3) is 4.77. The lowest BCUT2D eigenvalue weighted by Gasteiger charge is -2.07. The first-order chi connectivity index (χ1) is 13.4. The lowest BCUT2D eigenvalue weighted by Crippen LogP contribution is -1.95. The molecule has 0 radical (unpaired) electrons. The van der Waals surface area contributed by atoms with Gasteiger partial charge in [0.2, 0.25) is 5.89 Å². The molecular weight excluding hydrogens is 356 g/mol. The van der Waals surface area contributed by atoms with Crippen molar-refractivity contribution in [2.45, 2.75) is 17.6 Å². The fourth-order valence-electron chi connectivity index (χ4n) is 2.58. The van der Waals surface area contributed by atoms with E-state index in [0.717, 1.165) is 28.2 Å². The Labute approximate surface area is 162 Å². The van der Waals surface area contributed by atoms with Crippen LogP contribution in [-0.4, -0.2) is 10.2 Å². The number of nitrogens with zero attached hydrogens (tertiary/aromatic N) is 2. The van der Waals surface area contributed by atoms with Crippen molar-refractivity contribution in [2.24, 2.45) is 0 Å². The van der Waals surface area contributed by atoms with Gasteiger partial charge in [-0.15, -0.1) is 10.2 Å². The van der Waals surface area contributed by atoms with E-state index >= 15 is 0 Å². The van der Waals surface area contributed by atoms with Crippen LogP contribution in [0.2, 0.25) is 0 Å². The highest BCUT2D eigenvalue weighted by Gasteiger charge is 2.09. The summed E-state index contributed by atoms with van der Waals surface area (Å²) < 4.78 is 11.6. The predicted molar refractivity (Wildman–Crippen MR) is 107 cm³/mol. The average Bonchev–Trinajstić information content (AvgIpc) is 3.22. The maximum atomic E-state index is 5.89. The van der Waals surface area contributed by atoms with E-state index in [1.54, 1.807) is 0 Å². The molecule has 0 saturated heterocycles. The Morgan fingerprint density at radius 1 is 0.778 bits per heavy atom. The van der Waals surface area contributed by atoms with Crippen LogP contribution in [0.3, 0.4) is 0 Å². The number of rotatable bonds is 7. The van der Waals surface area contributed by atoms with E-state index in [4.69, 9.17) is 9.15 Å². The van der Waals surface area contributed by atoms with Gasteiger partial charge in [-0.25, -0.2) is 0 Å². The zero-order valence-electron chi connectivity index (χ0n) is 14.6. The van der Waals surface area contributed by atoms with E-state index < -0.39 is 0 Å². The predicted octanol–water partition coefficient (Wildman–Crippen LogP) is 5.61. The molecule has 0 saturated carbocycles. The second-order valence-corrected chi connectivity index (χ2v) is 6.88. The van der Waals surface area contributed by atoms with Gasteiger partial charge in [0.05, 0.1) is 0 Å². The minimum absolute atomic E-state index is 0.540. The fourth-order valence-corrected chi connectivity index (χ4v) is 3.28. The molecule has 0 bridgehead atoms. The molecule has 0 unspecified atom stereocenters. The zero-order valence-corrected chi connectivity index (χ0v) is 15.4. The van der Waals surface area contributed by atoms with Crippen molar-refractivity contribution in [1.82, 2.24) is 10.2 Å². The highest BCUT2D eigenvalue weighted by atomic mass is 32.2. The van der Waals surface area contributed by atoms with Crippen LogP contribution in [0.1, 0.15) is 11.1 Å². The van der Waals surface area contributed by atoms with Crippen LogP contribution >= 0.6 is 11.8 Å². The Morgan fingerprint density at radius 2 is 1.52 bits per heavy atom. The highest BCUT2D eigenvalue weighted by molar-refractivity contribution is 7.98. The smallest absolute Gasteiger partial charge is 0.277 e. The number of benzene rings is 3. The molecule has 0 aliphatic rings. The molecule has 0 fully saturated rings. The first kappa shape index (κ1) is 17.4. The molecule has 1 heterocycles. The molecule has 0 amide bonds. The molecule has 0 spiro atoms. The van der Waals surface area contributed by atoms with Gasteiger partial charge >= 0.3 is 0 Å². The van der Waals surface area contributed by atoms with Crippen molar-refractivity contribution in [3.8, 4) is 17.2 Å². The van der Waals surface area contributed by atoms with E-state index in [2.05, 4.69) is 28.4 Å². The summed E-state index contributed by atoms with van der Waals surface area (Å²) in [5.41, 5.74) is 3.22. The third-order valence-electron chi connectivity index (χ3n) is 3.94. The summed E-state index contributed by atoms with van der Waals surface area (Å²) in [5, 5.41) is 8.80. The number of ether oxygens (including phenoxy) is 1. The van der Waals surface area contributed by atoms with Gasteiger partial charge in [-0.3, -0.25) is 0 Å². The lowest BCUT2D eigenvalue weighted by molar-refractivity contribution is 0.306. The molecular formula is C22H18N2O2S. The molecule has 4 aromatic rings. The van der Waals surface area contributed by atoms with Crippen molar-refractivity contribution in [3.63, 3.8) is 0 Å². The molecule has 4 nitrogen and oxygen atoms in total. The van der Waals surface area contributed by atoms with Crippen LogP contribution in [0.25, 0.3) is 11.5 Å². The number of hydrogen-bond donors (Lipinski definition) is 0. The van der Waals surface area contributed by atoms with Gasteiger partial charge in [0.25, 0.3) is 5.22 Å². The van der Waals surface area contributed by atoms with Gasteiger partial charge in [-0.05, 0) is 35.4 Å². The van der Waals surface area contributed by atoms with E-state index in [1.807, 2.05) is 66.7 Å². The average molecular weight is 374 g/mol. The first-order valence-corrected chi connectivity index (χ1v) is 9.63. The van der Waals surface area contributed by atoms with Crippen molar-refractivity contribution >= 4 is 11.8 Å².